The van der Waals surface area contributed by atoms with Gasteiger partial charge in [0.25, 0.3) is 0 Å². The van der Waals surface area contributed by atoms with E-state index in [0.29, 0.717) is 16.3 Å². The van der Waals surface area contributed by atoms with Crippen LogP contribution in [0.3, 0.4) is 0 Å². The van der Waals surface area contributed by atoms with Crippen LogP contribution in [0.2, 0.25) is 5.02 Å². The fourth-order valence-corrected chi connectivity index (χ4v) is 3.06. The first-order chi connectivity index (χ1) is 11.6. The molecule has 0 aliphatic heterocycles. The smallest absolute Gasteiger partial charge is 0.358 e. The molecule has 0 bridgehead atoms. The number of rotatable bonds is 4. The standard InChI is InChI=1S/C18H17ClN2O3/c1-2-24-18(23)16-10-20-9-15(21-16)13-5-3-4-12(13)14-8-11(19)6-7-17(14)22/h6-10,22H,2-5H2,1H3. The number of phenolic OH excluding ortho intramolecular Hbond substituents is 1. The predicted octanol–water partition coefficient (Wildman–Crippen LogP) is 4.11. The fraction of sp³-hybridized carbons (Fsp3) is 0.278. The molecule has 1 aliphatic carbocycles. The SMILES string of the molecule is CCOC(=O)c1cncc(C2=C(c3cc(Cl)ccc3O)CCC2)n1. The highest BCUT2D eigenvalue weighted by Crippen LogP contribution is 2.42. The van der Waals surface area contributed by atoms with Gasteiger partial charge < -0.3 is 9.84 Å². The molecule has 0 saturated heterocycles. The van der Waals surface area contributed by atoms with E-state index in [2.05, 4.69) is 9.97 Å². The van der Waals surface area contributed by atoms with Gasteiger partial charge in [0.1, 0.15) is 5.75 Å². The molecular weight excluding hydrogens is 328 g/mol. The number of benzene rings is 1. The lowest BCUT2D eigenvalue weighted by molar-refractivity contribution is 0.0519. The third kappa shape index (κ3) is 3.26. The van der Waals surface area contributed by atoms with E-state index in [9.17, 15) is 9.90 Å². The maximum atomic E-state index is 11.9. The zero-order chi connectivity index (χ0) is 17.1. The molecule has 24 heavy (non-hydrogen) atoms. The van der Waals surface area contributed by atoms with Crippen LogP contribution in [0, 0.1) is 0 Å². The Labute approximate surface area is 145 Å². The Bertz CT molecular complexity index is 818. The number of carbonyl (C=O) groups is 1. The van der Waals surface area contributed by atoms with Crippen molar-refractivity contribution in [2.45, 2.75) is 26.2 Å². The number of hydrogen-bond acceptors (Lipinski definition) is 5. The Morgan fingerprint density at radius 1 is 1.29 bits per heavy atom. The molecule has 0 radical (unpaired) electrons. The second-order valence-electron chi connectivity index (χ2n) is 5.48. The monoisotopic (exact) mass is 344 g/mol. The Balaban J connectivity index is 2.05. The van der Waals surface area contributed by atoms with Gasteiger partial charge in [-0.2, -0.15) is 0 Å². The van der Waals surface area contributed by atoms with Gasteiger partial charge in [0.15, 0.2) is 5.69 Å². The molecule has 1 heterocycles. The van der Waals surface area contributed by atoms with Crippen molar-refractivity contribution in [3.05, 3.63) is 52.6 Å². The number of aromatic hydroxyl groups is 1. The minimum Gasteiger partial charge on any atom is -0.507 e. The van der Waals surface area contributed by atoms with E-state index >= 15 is 0 Å². The van der Waals surface area contributed by atoms with Crippen molar-refractivity contribution in [2.75, 3.05) is 6.61 Å². The highest BCUT2D eigenvalue weighted by molar-refractivity contribution is 6.30. The molecule has 0 unspecified atom stereocenters. The Kier molecular flexibility index (Phi) is 4.81. The van der Waals surface area contributed by atoms with Gasteiger partial charge in [0.2, 0.25) is 0 Å². The predicted molar refractivity (Wildman–Crippen MR) is 91.8 cm³/mol. The molecule has 1 aromatic carbocycles. The molecule has 0 spiro atoms. The second-order valence-corrected chi connectivity index (χ2v) is 5.92. The molecule has 1 N–H and O–H groups in total. The average molecular weight is 345 g/mol. The molecule has 0 saturated carbocycles. The van der Waals surface area contributed by atoms with Crippen LogP contribution < -0.4 is 0 Å². The average Bonchev–Trinajstić information content (AvgIpc) is 3.07. The van der Waals surface area contributed by atoms with Crippen molar-refractivity contribution in [3.8, 4) is 5.75 Å². The number of phenols is 1. The lowest BCUT2D eigenvalue weighted by atomic mass is 9.99. The van der Waals surface area contributed by atoms with Crippen LogP contribution in [-0.4, -0.2) is 27.7 Å². The van der Waals surface area contributed by atoms with E-state index in [-0.39, 0.29) is 18.1 Å². The summed E-state index contributed by atoms with van der Waals surface area (Å²) in [4.78, 5) is 20.4. The van der Waals surface area contributed by atoms with E-state index in [1.807, 2.05) is 0 Å². The first kappa shape index (κ1) is 16.5. The zero-order valence-corrected chi connectivity index (χ0v) is 14.0. The number of allylic oxidation sites excluding steroid dienone is 2. The number of halogens is 1. The first-order valence-corrected chi connectivity index (χ1v) is 8.18. The second kappa shape index (κ2) is 7.01. The maximum Gasteiger partial charge on any atom is 0.358 e. The number of hydrogen-bond donors (Lipinski definition) is 1. The van der Waals surface area contributed by atoms with Gasteiger partial charge in [0.05, 0.1) is 24.7 Å². The molecular formula is C18H17ClN2O3. The summed E-state index contributed by atoms with van der Waals surface area (Å²) >= 11 is 6.07. The van der Waals surface area contributed by atoms with Crippen LogP contribution in [0.25, 0.3) is 11.1 Å². The van der Waals surface area contributed by atoms with Gasteiger partial charge in [-0.25, -0.2) is 9.78 Å². The van der Waals surface area contributed by atoms with Crippen molar-refractivity contribution < 1.29 is 14.6 Å². The fourth-order valence-electron chi connectivity index (χ4n) is 2.89. The molecule has 0 fully saturated rings. The molecule has 5 nitrogen and oxygen atoms in total. The highest BCUT2D eigenvalue weighted by atomic mass is 35.5. The van der Waals surface area contributed by atoms with Gasteiger partial charge in [-0.15, -0.1) is 0 Å². The summed E-state index contributed by atoms with van der Waals surface area (Å²) in [7, 11) is 0. The minimum absolute atomic E-state index is 0.184. The summed E-state index contributed by atoms with van der Waals surface area (Å²) in [6.45, 7) is 2.03. The van der Waals surface area contributed by atoms with Crippen LogP contribution in [0.4, 0.5) is 0 Å². The third-order valence-corrected chi connectivity index (χ3v) is 4.16. The Morgan fingerprint density at radius 2 is 2.08 bits per heavy atom. The molecule has 1 aliphatic rings. The van der Waals surface area contributed by atoms with Crippen LogP contribution >= 0.6 is 11.6 Å². The molecule has 1 aromatic heterocycles. The first-order valence-electron chi connectivity index (χ1n) is 7.80. The van der Waals surface area contributed by atoms with Gasteiger partial charge in [-0.1, -0.05) is 11.6 Å². The quantitative estimate of drug-likeness (QED) is 0.845. The number of ether oxygens (including phenoxy) is 1. The van der Waals surface area contributed by atoms with E-state index in [1.165, 1.54) is 6.20 Å². The summed E-state index contributed by atoms with van der Waals surface area (Å²) in [5.41, 5.74) is 3.49. The molecule has 124 valence electrons. The van der Waals surface area contributed by atoms with E-state index < -0.39 is 5.97 Å². The van der Waals surface area contributed by atoms with Crippen molar-refractivity contribution >= 4 is 28.7 Å². The number of esters is 1. The minimum atomic E-state index is -0.488. The summed E-state index contributed by atoms with van der Waals surface area (Å²) in [5.74, 6) is -0.305. The topological polar surface area (TPSA) is 72.3 Å². The largest absolute Gasteiger partial charge is 0.507 e. The molecule has 6 heteroatoms. The number of nitrogens with zero attached hydrogens (tertiary/aromatic N) is 2. The lowest BCUT2D eigenvalue weighted by Gasteiger charge is -2.10. The molecule has 0 atom stereocenters. The molecule has 0 amide bonds. The van der Waals surface area contributed by atoms with Gasteiger partial charge >= 0.3 is 5.97 Å². The zero-order valence-electron chi connectivity index (χ0n) is 13.3. The van der Waals surface area contributed by atoms with E-state index in [4.69, 9.17) is 16.3 Å². The summed E-state index contributed by atoms with van der Waals surface area (Å²) in [6, 6.07) is 4.98. The van der Waals surface area contributed by atoms with Crippen LogP contribution in [0.5, 0.6) is 5.75 Å². The number of aromatic nitrogens is 2. The van der Waals surface area contributed by atoms with Crippen molar-refractivity contribution in [1.82, 2.24) is 9.97 Å². The van der Waals surface area contributed by atoms with E-state index in [1.54, 1.807) is 31.3 Å². The molecule has 2 aromatic rings. The van der Waals surface area contributed by atoms with Crippen molar-refractivity contribution in [2.24, 2.45) is 0 Å². The van der Waals surface area contributed by atoms with Gasteiger partial charge in [-0.3, -0.25) is 4.98 Å². The third-order valence-electron chi connectivity index (χ3n) is 3.93. The van der Waals surface area contributed by atoms with Crippen LogP contribution in [-0.2, 0) is 4.74 Å². The maximum absolute atomic E-state index is 11.9. The lowest BCUT2D eigenvalue weighted by Crippen LogP contribution is -2.09. The van der Waals surface area contributed by atoms with Crippen molar-refractivity contribution in [1.29, 1.82) is 0 Å². The van der Waals surface area contributed by atoms with Crippen LogP contribution in [0.15, 0.2) is 30.6 Å². The normalized spacial score (nSPS) is 14.1. The van der Waals surface area contributed by atoms with E-state index in [0.717, 1.165) is 30.4 Å². The Morgan fingerprint density at radius 3 is 2.88 bits per heavy atom. The summed E-state index contributed by atoms with van der Waals surface area (Å²) in [5, 5.41) is 10.7. The van der Waals surface area contributed by atoms with Crippen LogP contribution in [0.1, 0.15) is 47.9 Å². The summed E-state index contributed by atoms with van der Waals surface area (Å²) < 4.78 is 4.98. The highest BCUT2D eigenvalue weighted by Gasteiger charge is 2.22. The van der Waals surface area contributed by atoms with Gasteiger partial charge in [0, 0.05) is 10.6 Å². The summed E-state index contributed by atoms with van der Waals surface area (Å²) in [6.07, 6.45) is 5.59. The van der Waals surface area contributed by atoms with Crippen molar-refractivity contribution in [3.63, 3.8) is 0 Å². The molecule has 3 rings (SSSR count). The Hall–Kier alpha value is -2.40. The number of carbonyl (C=O) groups excluding carboxylic acids is 1. The van der Waals surface area contributed by atoms with Gasteiger partial charge in [-0.05, 0) is 55.5 Å².